The van der Waals surface area contributed by atoms with Crippen LogP contribution in [0.15, 0.2) is 12.7 Å². The number of thioether (sulfide) groups is 1. The van der Waals surface area contributed by atoms with Gasteiger partial charge in [-0.25, -0.2) is 0 Å². The van der Waals surface area contributed by atoms with Gasteiger partial charge in [0.2, 0.25) is 0 Å². The quantitative estimate of drug-likeness (QED) is 0.467. The van der Waals surface area contributed by atoms with Crippen molar-refractivity contribution in [1.29, 1.82) is 0 Å². The Morgan fingerprint density at radius 2 is 2.25 bits per heavy atom. The zero-order valence-electron chi connectivity index (χ0n) is 7.96. The van der Waals surface area contributed by atoms with E-state index in [1.54, 1.807) is 6.08 Å². The normalized spacial score (nSPS) is 12.8. The molecule has 1 unspecified atom stereocenters. The summed E-state index contributed by atoms with van der Waals surface area (Å²) < 4.78 is 0. The van der Waals surface area contributed by atoms with Crippen molar-refractivity contribution in [2.45, 2.75) is 38.7 Å². The van der Waals surface area contributed by atoms with E-state index in [1.807, 2.05) is 11.8 Å². The fourth-order valence-electron chi connectivity index (χ4n) is 0.978. The van der Waals surface area contributed by atoms with E-state index in [9.17, 15) is 5.11 Å². The van der Waals surface area contributed by atoms with Crippen LogP contribution in [0.5, 0.6) is 0 Å². The third kappa shape index (κ3) is 8.15. The Labute approximate surface area is 80.3 Å². The van der Waals surface area contributed by atoms with Crippen molar-refractivity contribution in [2.24, 2.45) is 0 Å². The molecule has 0 aromatic carbocycles. The highest BCUT2D eigenvalue weighted by molar-refractivity contribution is 7.99. The molecule has 0 aliphatic carbocycles. The molecule has 72 valence electrons. The molecular weight excluding hydrogens is 168 g/mol. The average molecular weight is 188 g/mol. The van der Waals surface area contributed by atoms with Gasteiger partial charge in [0.15, 0.2) is 0 Å². The van der Waals surface area contributed by atoms with E-state index < -0.39 is 0 Å². The second kappa shape index (κ2) is 9.14. The van der Waals surface area contributed by atoms with Gasteiger partial charge in [-0.15, -0.1) is 6.58 Å². The standard InChI is InChI=1S/C10H20OS/c1-3-6-10(11)7-5-9-12-8-4-2/h3,10-11H,1,4-9H2,2H3. The van der Waals surface area contributed by atoms with Gasteiger partial charge in [-0.2, -0.15) is 11.8 Å². The molecule has 0 saturated carbocycles. The molecule has 1 atom stereocenters. The van der Waals surface area contributed by atoms with Crippen LogP contribution in [0.1, 0.15) is 32.6 Å². The SMILES string of the molecule is C=CCC(O)CCCSCCC. The zero-order valence-corrected chi connectivity index (χ0v) is 8.78. The van der Waals surface area contributed by atoms with Gasteiger partial charge in [-0.3, -0.25) is 0 Å². The molecule has 1 nitrogen and oxygen atoms in total. The van der Waals surface area contributed by atoms with Gasteiger partial charge in [-0.1, -0.05) is 13.0 Å². The molecule has 0 spiro atoms. The van der Waals surface area contributed by atoms with Crippen LogP contribution in [-0.4, -0.2) is 22.7 Å². The third-order valence-electron chi connectivity index (χ3n) is 1.61. The predicted molar refractivity (Wildman–Crippen MR) is 57.7 cm³/mol. The Morgan fingerprint density at radius 1 is 1.50 bits per heavy atom. The minimum absolute atomic E-state index is 0.162. The molecule has 0 aliphatic heterocycles. The third-order valence-corrected chi connectivity index (χ3v) is 2.89. The summed E-state index contributed by atoms with van der Waals surface area (Å²) >= 11 is 1.98. The Bertz CT molecular complexity index is 104. The van der Waals surface area contributed by atoms with Crippen molar-refractivity contribution < 1.29 is 5.11 Å². The van der Waals surface area contributed by atoms with Crippen LogP contribution in [0.2, 0.25) is 0 Å². The van der Waals surface area contributed by atoms with Gasteiger partial charge >= 0.3 is 0 Å². The van der Waals surface area contributed by atoms with Gasteiger partial charge in [0, 0.05) is 0 Å². The molecule has 0 bridgehead atoms. The van der Waals surface area contributed by atoms with Gasteiger partial charge < -0.3 is 5.11 Å². The molecule has 0 saturated heterocycles. The first-order valence-electron chi connectivity index (χ1n) is 4.68. The fraction of sp³-hybridized carbons (Fsp3) is 0.800. The lowest BCUT2D eigenvalue weighted by Crippen LogP contribution is -2.04. The number of aliphatic hydroxyl groups is 1. The van der Waals surface area contributed by atoms with Crippen LogP contribution in [0.3, 0.4) is 0 Å². The van der Waals surface area contributed by atoms with Gasteiger partial charge in [0.1, 0.15) is 0 Å². The van der Waals surface area contributed by atoms with Gasteiger partial charge in [0.25, 0.3) is 0 Å². The first-order valence-corrected chi connectivity index (χ1v) is 5.83. The van der Waals surface area contributed by atoms with Crippen molar-refractivity contribution in [3.05, 3.63) is 12.7 Å². The van der Waals surface area contributed by atoms with E-state index in [4.69, 9.17) is 0 Å². The lowest BCUT2D eigenvalue weighted by molar-refractivity contribution is 0.167. The van der Waals surface area contributed by atoms with E-state index in [1.165, 1.54) is 17.9 Å². The summed E-state index contributed by atoms with van der Waals surface area (Å²) in [5, 5.41) is 9.33. The summed E-state index contributed by atoms with van der Waals surface area (Å²) in [5.74, 6) is 2.43. The molecule has 1 N–H and O–H groups in total. The fourth-order valence-corrected chi connectivity index (χ4v) is 1.84. The highest BCUT2D eigenvalue weighted by atomic mass is 32.2. The molecule has 0 heterocycles. The number of hydrogen-bond donors (Lipinski definition) is 1. The Hall–Kier alpha value is 0.0500. The minimum atomic E-state index is -0.162. The second-order valence-corrected chi connectivity index (χ2v) is 4.16. The van der Waals surface area contributed by atoms with Crippen LogP contribution in [0.4, 0.5) is 0 Å². The van der Waals surface area contributed by atoms with Crippen LogP contribution in [0, 0.1) is 0 Å². The van der Waals surface area contributed by atoms with Gasteiger partial charge in [-0.05, 0) is 37.2 Å². The number of hydrogen-bond acceptors (Lipinski definition) is 2. The van der Waals surface area contributed by atoms with E-state index in [-0.39, 0.29) is 6.10 Å². The Kier molecular flexibility index (Phi) is 9.18. The van der Waals surface area contributed by atoms with Crippen molar-refractivity contribution in [2.75, 3.05) is 11.5 Å². The smallest absolute Gasteiger partial charge is 0.0574 e. The molecule has 2 heteroatoms. The first kappa shape index (κ1) is 12.0. The largest absolute Gasteiger partial charge is 0.393 e. The molecule has 0 aromatic heterocycles. The van der Waals surface area contributed by atoms with E-state index in [0.29, 0.717) is 0 Å². The lowest BCUT2D eigenvalue weighted by atomic mass is 10.1. The highest BCUT2D eigenvalue weighted by Gasteiger charge is 1.99. The molecule has 0 amide bonds. The molecule has 12 heavy (non-hydrogen) atoms. The second-order valence-electron chi connectivity index (χ2n) is 2.93. The summed E-state index contributed by atoms with van der Waals surface area (Å²) in [7, 11) is 0. The summed E-state index contributed by atoms with van der Waals surface area (Å²) in [5.41, 5.74) is 0. The average Bonchev–Trinajstić information content (AvgIpc) is 2.05. The topological polar surface area (TPSA) is 20.2 Å². The monoisotopic (exact) mass is 188 g/mol. The molecule has 0 radical (unpaired) electrons. The van der Waals surface area contributed by atoms with Crippen LogP contribution < -0.4 is 0 Å². The van der Waals surface area contributed by atoms with Crippen LogP contribution in [0.25, 0.3) is 0 Å². The first-order chi connectivity index (χ1) is 5.81. The minimum Gasteiger partial charge on any atom is -0.393 e. The maximum absolute atomic E-state index is 9.33. The molecule has 0 fully saturated rings. The van der Waals surface area contributed by atoms with Crippen molar-refractivity contribution in [3.63, 3.8) is 0 Å². The van der Waals surface area contributed by atoms with Crippen LogP contribution in [-0.2, 0) is 0 Å². The molecule has 0 aliphatic rings. The maximum atomic E-state index is 9.33. The summed E-state index contributed by atoms with van der Waals surface area (Å²) in [6.07, 6.45) is 5.65. The summed E-state index contributed by atoms with van der Waals surface area (Å²) in [6, 6.07) is 0. The lowest BCUT2D eigenvalue weighted by Gasteiger charge is -2.06. The van der Waals surface area contributed by atoms with Crippen LogP contribution >= 0.6 is 11.8 Å². The molecule has 0 aromatic rings. The molecule has 0 rings (SSSR count). The van der Waals surface area contributed by atoms with Crippen molar-refractivity contribution >= 4 is 11.8 Å². The summed E-state index contributed by atoms with van der Waals surface area (Å²) in [4.78, 5) is 0. The number of aliphatic hydroxyl groups excluding tert-OH is 1. The van der Waals surface area contributed by atoms with E-state index in [2.05, 4.69) is 13.5 Å². The summed E-state index contributed by atoms with van der Waals surface area (Å²) in [6.45, 7) is 5.79. The Balaban J connectivity index is 3.02. The molecular formula is C10H20OS. The van der Waals surface area contributed by atoms with Gasteiger partial charge in [0.05, 0.1) is 6.10 Å². The van der Waals surface area contributed by atoms with Crippen molar-refractivity contribution in [1.82, 2.24) is 0 Å². The zero-order chi connectivity index (χ0) is 9.23. The Morgan fingerprint density at radius 3 is 2.83 bits per heavy atom. The predicted octanol–water partition coefficient (Wildman–Crippen LogP) is 2.85. The highest BCUT2D eigenvalue weighted by Crippen LogP contribution is 2.09. The van der Waals surface area contributed by atoms with E-state index in [0.717, 1.165) is 19.3 Å². The van der Waals surface area contributed by atoms with Crippen molar-refractivity contribution in [3.8, 4) is 0 Å². The number of rotatable bonds is 8. The maximum Gasteiger partial charge on any atom is 0.0574 e. The van der Waals surface area contributed by atoms with E-state index >= 15 is 0 Å².